The van der Waals surface area contributed by atoms with Gasteiger partial charge in [-0.1, -0.05) is 17.7 Å². The minimum absolute atomic E-state index is 0.626. The molecule has 0 amide bonds. The first-order valence-corrected chi connectivity index (χ1v) is 6.50. The third kappa shape index (κ3) is 2.84. The number of halogens is 2. The van der Waals surface area contributed by atoms with Gasteiger partial charge in [0.15, 0.2) is 0 Å². The summed E-state index contributed by atoms with van der Waals surface area (Å²) in [6, 6.07) is 13.4. The molecule has 0 spiro atoms. The smallest absolute Gasteiger partial charge is 0.101 e. The van der Waals surface area contributed by atoms with E-state index in [0.29, 0.717) is 10.6 Å². The Hall–Kier alpha value is -1.50. The molecule has 0 saturated carbocycles. The van der Waals surface area contributed by atoms with Crippen molar-refractivity contribution in [3.05, 3.63) is 57.0 Å². The summed E-state index contributed by atoms with van der Waals surface area (Å²) in [5.74, 6) is 0. The average Bonchev–Trinajstić information content (AvgIpc) is 2.36. The Bertz CT molecular complexity index is 632. The van der Waals surface area contributed by atoms with Gasteiger partial charge in [0.1, 0.15) is 6.07 Å². The predicted molar refractivity (Wildman–Crippen MR) is 78.3 cm³/mol. The van der Waals surface area contributed by atoms with E-state index in [4.69, 9.17) is 16.9 Å². The van der Waals surface area contributed by atoms with E-state index in [0.717, 1.165) is 21.4 Å². The molecule has 2 rings (SSSR count). The number of nitriles is 1. The molecular formula is C14H10BrClN2. The predicted octanol–water partition coefficient (Wildman–Crippen LogP) is 5.03. The van der Waals surface area contributed by atoms with Crippen LogP contribution in [0.2, 0.25) is 5.02 Å². The number of rotatable bonds is 2. The van der Waals surface area contributed by atoms with E-state index in [2.05, 4.69) is 27.3 Å². The normalized spacial score (nSPS) is 9.89. The Morgan fingerprint density at radius 1 is 1.22 bits per heavy atom. The van der Waals surface area contributed by atoms with Crippen LogP contribution in [0.15, 0.2) is 40.9 Å². The van der Waals surface area contributed by atoms with Crippen LogP contribution >= 0.6 is 27.5 Å². The lowest BCUT2D eigenvalue weighted by Gasteiger charge is -2.09. The number of nitrogens with one attached hydrogen (secondary N) is 1. The van der Waals surface area contributed by atoms with Crippen molar-refractivity contribution in [1.29, 1.82) is 5.26 Å². The zero-order valence-corrected chi connectivity index (χ0v) is 12.0. The molecule has 0 aliphatic rings. The molecule has 0 bridgehead atoms. The van der Waals surface area contributed by atoms with Crippen molar-refractivity contribution in [1.82, 2.24) is 0 Å². The van der Waals surface area contributed by atoms with E-state index in [9.17, 15) is 0 Å². The van der Waals surface area contributed by atoms with Crippen LogP contribution in [0.3, 0.4) is 0 Å². The second-order valence-corrected chi connectivity index (χ2v) is 5.18. The summed E-state index contributed by atoms with van der Waals surface area (Å²) in [6.07, 6.45) is 0. The number of nitrogens with zero attached hydrogens (tertiary/aromatic N) is 1. The van der Waals surface area contributed by atoms with Crippen molar-refractivity contribution in [3.63, 3.8) is 0 Å². The fourth-order valence-electron chi connectivity index (χ4n) is 1.59. The van der Waals surface area contributed by atoms with Gasteiger partial charge in [-0.15, -0.1) is 0 Å². The maximum absolute atomic E-state index is 9.10. The molecule has 1 N–H and O–H groups in total. The molecule has 90 valence electrons. The topological polar surface area (TPSA) is 35.8 Å². The zero-order valence-electron chi connectivity index (χ0n) is 9.67. The zero-order chi connectivity index (χ0) is 13.1. The molecule has 0 heterocycles. The van der Waals surface area contributed by atoms with E-state index in [1.54, 1.807) is 6.07 Å². The molecule has 0 atom stereocenters. The van der Waals surface area contributed by atoms with Crippen molar-refractivity contribution < 1.29 is 0 Å². The van der Waals surface area contributed by atoms with E-state index in [1.807, 2.05) is 37.3 Å². The van der Waals surface area contributed by atoms with Gasteiger partial charge in [0, 0.05) is 10.2 Å². The van der Waals surface area contributed by atoms with Crippen LogP contribution in [-0.4, -0.2) is 0 Å². The number of aryl methyl sites for hydroxylation is 1. The summed E-state index contributed by atoms with van der Waals surface area (Å²) >= 11 is 9.31. The quantitative estimate of drug-likeness (QED) is 0.842. The largest absolute Gasteiger partial charge is 0.354 e. The van der Waals surface area contributed by atoms with Crippen molar-refractivity contribution in [2.24, 2.45) is 0 Å². The second kappa shape index (κ2) is 5.43. The minimum atomic E-state index is 0.626. The molecule has 0 aliphatic carbocycles. The van der Waals surface area contributed by atoms with Gasteiger partial charge in [-0.2, -0.15) is 5.26 Å². The van der Waals surface area contributed by atoms with Crippen LogP contribution in [-0.2, 0) is 0 Å². The molecule has 4 heteroatoms. The third-order valence-corrected chi connectivity index (χ3v) is 3.71. The van der Waals surface area contributed by atoms with Gasteiger partial charge in [-0.05, 0) is 58.7 Å². The number of anilines is 2. The van der Waals surface area contributed by atoms with Gasteiger partial charge in [0.2, 0.25) is 0 Å². The molecule has 0 aromatic heterocycles. The van der Waals surface area contributed by atoms with Crippen LogP contribution in [0.1, 0.15) is 11.1 Å². The first-order chi connectivity index (χ1) is 8.60. The summed E-state index contributed by atoms with van der Waals surface area (Å²) in [7, 11) is 0. The second-order valence-electron chi connectivity index (χ2n) is 3.91. The number of benzene rings is 2. The van der Waals surface area contributed by atoms with Crippen LogP contribution in [0.4, 0.5) is 11.4 Å². The number of hydrogen-bond donors (Lipinski definition) is 1. The SMILES string of the molecule is Cc1ccc(Nc2ccc(Cl)c(Br)c2)c(C#N)c1. The molecule has 2 aromatic rings. The maximum Gasteiger partial charge on any atom is 0.101 e. The lowest BCUT2D eigenvalue weighted by molar-refractivity contribution is 1.40. The van der Waals surface area contributed by atoms with Crippen molar-refractivity contribution in [2.45, 2.75) is 6.92 Å². The van der Waals surface area contributed by atoms with E-state index < -0.39 is 0 Å². The molecule has 0 aliphatic heterocycles. The Morgan fingerprint density at radius 3 is 2.67 bits per heavy atom. The Labute approximate surface area is 119 Å². The van der Waals surface area contributed by atoms with Gasteiger partial charge >= 0.3 is 0 Å². The molecule has 0 radical (unpaired) electrons. The maximum atomic E-state index is 9.10. The lowest BCUT2D eigenvalue weighted by atomic mass is 10.1. The highest BCUT2D eigenvalue weighted by atomic mass is 79.9. The number of hydrogen-bond acceptors (Lipinski definition) is 2. The highest BCUT2D eigenvalue weighted by molar-refractivity contribution is 9.10. The molecule has 2 nitrogen and oxygen atoms in total. The van der Waals surface area contributed by atoms with E-state index >= 15 is 0 Å². The highest BCUT2D eigenvalue weighted by Gasteiger charge is 2.04. The van der Waals surface area contributed by atoms with Gasteiger partial charge in [0.05, 0.1) is 16.3 Å². The van der Waals surface area contributed by atoms with Gasteiger partial charge in [0.25, 0.3) is 0 Å². The summed E-state index contributed by atoms with van der Waals surface area (Å²) in [5.41, 5.74) is 3.36. The van der Waals surface area contributed by atoms with Crippen LogP contribution in [0.25, 0.3) is 0 Å². The van der Waals surface area contributed by atoms with Crippen molar-refractivity contribution in [3.8, 4) is 6.07 Å². The standard InChI is InChI=1S/C14H10BrClN2/c1-9-2-5-14(10(6-9)8-17)18-11-3-4-13(16)12(15)7-11/h2-7,18H,1H3. The van der Waals surface area contributed by atoms with Gasteiger partial charge < -0.3 is 5.32 Å². The van der Waals surface area contributed by atoms with Crippen LogP contribution in [0.5, 0.6) is 0 Å². The third-order valence-electron chi connectivity index (χ3n) is 2.49. The van der Waals surface area contributed by atoms with Crippen LogP contribution < -0.4 is 5.32 Å². The van der Waals surface area contributed by atoms with E-state index in [1.165, 1.54) is 0 Å². The minimum Gasteiger partial charge on any atom is -0.354 e. The summed E-state index contributed by atoms with van der Waals surface area (Å²) < 4.78 is 0.819. The molecule has 18 heavy (non-hydrogen) atoms. The molecular weight excluding hydrogens is 312 g/mol. The Balaban J connectivity index is 2.34. The van der Waals surface area contributed by atoms with Crippen molar-refractivity contribution in [2.75, 3.05) is 5.32 Å². The molecule has 0 fully saturated rings. The fourth-order valence-corrected chi connectivity index (χ4v) is 2.09. The lowest BCUT2D eigenvalue weighted by Crippen LogP contribution is -1.94. The summed E-state index contributed by atoms with van der Waals surface area (Å²) in [6.45, 7) is 1.96. The molecule has 2 aromatic carbocycles. The Kier molecular flexibility index (Phi) is 3.90. The van der Waals surface area contributed by atoms with Crippen molar-refractivity contribution >= 4 is 38.9 Å². The van der Waals surface area contributed by atoms with Gasteiger partial charge in [-0.25, -0.2) is 0 Å². The molecule has 0 unspecified atom stereocenters. The molecule has 0 saturated heterocycles. The fraction of sp³-hybridized carbons (Fsp3) is 0.0714. The summed E-state index contributed by atoms with van der Waals surface area (Å²) in [4.78, 5) is 0. The Morgan fingerprint density at radius 2 is 2.00 bits per heavy atom. The monoisotopic (exact) mass is 320 g/mol. The average molecular weight is 322 g/mol. The summed E-state index contributed by atoms with van der Waals surface area (Å²) in [5, 5.41) is 13.0. The first-order valence-electron chi connectivity index (χ1n) is 5.33. The first kappa shape index (κ1) is 12.9. The van der Waals surface area contributed by atoms with E-state index in [-0.39, 0.29) is 0 Å². The van der Waals surface area contributed by atoms with Gasteiger partial charge in [-0.3, -0.25) is 0 Å². The van der Waals surface area contributed by atoms with Crippen LogP contribution in [0, 0.1) is 18.3 Å². The highest BCUT2D eigenvalue weighted by Crippen LogP contribution is 2.28.